The van der Waals surface area contributed by atoms with E-state index in [1.54, 1.807) is 0 Å². The van der Waals surface area contributed by atoms with Gasteiger partial charge in [-0.25, -0.2) is 4.79 Å². The van der Waals surface area contributed by atoms with Gasteiger partial charge in [-0.05, 0) is 31.6 Å². The molecule has 4 nitrogen and oxygen atoms in total. The fourth-order valence-electron chi connectivity index (χ4n) is 2.94. The minimum absolute atomic E-state index is 0.302. The van der Waals surface area contributed by atoms with Crippen molar-refractivity contribution in [2.45, 2.75) is 70.2 Å². The Bertz CT molecular complexity index is 235. The van der Waals surface area contributed by atoms with E-state index in [2.05, 4.69) is 0 Å². The largest absolute Gasteiger partial charge is 0.479 e. The van der Waals surface area contributed by atoms with E-state index in [-0.39, 0.29) is 6.29 Å². The zero-order valence-corrected chi connectivity index (χ0v) is 11.0. The van der Waals surface area contributed by atoms with Crippen molar-refractivity contribution in [3.8, 4) is 0 Å². The van der Waals surface area contributed by atoms with E-state index in [1.165, 1.54) is 19.3 Å². The van der Waals surface area contributed by atoms with E-state index in [4.69, 9.17) is 9.47 Å². The van der Waals surface area contributed by atoms with Gasteiger partial charge in [0.25, 0.3) is 0 Å². The lowest BCUT2D eigenvalue weighted by Gasteiger charge is -2.29. The molecule has 2 aliphatic rings. The van der Waals surface area contributed by atoms with Crippen molar-refractivity contribution in [2.24, 2.45) is 5.92 Å². The lowest BCUT2D eigenvalue weighted by molar-refractivity contribution is -0.203. The van der Waals surface area contributed by atoms with Gasteiger partial charge in [-0.15, -0.1) is 0 Å². The summed E-state index contributed by atoms with van der Waals surface area (Å²) in [5.41, 5.74) is 0. The molecule has 0 amide bonds. The predicted molar refractivity (Wildman–Crippen MR) is 67.3 cm³/mol. The van der Waals surface area contributed by atoms with Gasteiger partial charge in [0.1, 0.15) is 0 Å². The summed E-state index contributed by atoms with van der Waals surface area (Å²) in [5, 5.41) is 9.25. The summed E-state index contributed by atoms with van der Waals surface area (Å²) < 4.78 is 11.1. The van der Waals surface area contributed by atoms with Crippen LogP contribution in [0.4, 0.5) is 0 Å². The molecule has 0 aromatic carbocycles. The van der Waals surface area contributed by atoms with Crippen molar-refractivity contribution in [1.29, 1.82) is 0 Å². The van der Waals surface area contributed by atoms with Crippen LogP contribution in [-0.2, 0) is 14.3 Å². The summed E-state index contributed by atoms with van der Waals surface area (Å²) in [6.07, 6.45) is 8.68. The molecule has 2 unspecified atom stereocenters. The fourth-order valence-corrected chi connectivity index (χ4v) is 2.94. The quantitative estimate of drug-likeness (QED) is 0.821. The monoisotopic (exact) mass is 256 g/mol. The van der Waals surface area contributed by atoms with Crippen LogP contribution in [0.5, 0.6) is 0 Å². The molecule has 2 rings (SSSR count). The SMILES string of the molecule is O=C(O)C(CC1CCCCC1)OC1CCCCO1. The van der Waals surface area contributed by atoms with Crippen LogP contribution in [0.25, 0.3) is 0 Å². The van der Waals surface area contributed by atoms with E-state index in [9.17, 15) is 9.90 Å². The smallest absolute Gasteiger partial charge is 0.332 e. The standard InChI is InChI=1S/C14H24O4/c15-14(16)12(10-11-6-2-1-3-7-11)18-13-8-4-5-9-17-13/h11-13H,1-10H2,(H,15,16). The number of rotatable bonds is 5. The molecule has 1 aliphatic carbocycles. The van der Waals surface area contributed by atoms with E-state index in [0.717, 1.165) is 32.1 Å². The summed E-state index contributed by atoms with van der Waals surface area (Å²) in [6, 6.07) is 0. The minimum Gasteiger partial charge on any atom is -0.479 e. The summed E-state index contributed by atoms with van der Waals surface area (Å²) in [5.74, 6) is -0.321. The van der Waals surface area contributed by atoms with E-state index < -0.39 is 12.1 Å². The number of ether oxygens (including phenoxy) is 2. The zero-order valence-electron chi connectivity index (χ0n) is 11.0. The average molecular weight is 256 g/mol. The van der Waals surface area contributed by atoms with Crippen molar-refractivity contribution in [3.05, 3.63) is 0 Å². The van der Waals surface area contributed by atoms with Crippen LogP contribution >= 0.6 is 0 Å². The first kappa shape index (κ1) is 13.8. The van der Waals surface area contributed by atoms with Gasteiger partial charge < -0.3 is 14.6 Å². The molecule has 0 aromatic rings. The second-order valence-corrected chi connectivity index (χ2v) is 5.50. The van der Waals surface area contributed by atoms with Gasteiger partial charge in [0, 0.05) is 6.61 Å². The molecular weight excluding hydrogens is 232 g/mol. The maximum absolute atomic E-state index is 11.3. The number of hydrogen-bond donors (Lipinski definition) is 1. The summed E-state index contributed by atoms with van der Waals surface area (Å²) in [7, 11) is 0. The minimum atomic E-state index is -0.838. The molecule has 4 heteroatoms. The molecular formula is C14H24O4. The van der Waals surface area contributed by atoms with Crippen LogP contribution in [0.3, 0.4) is 0 Å². The molecule has 1 N–H and O–H groups in total. The molecule has 0 bridgehead atoms. The molecule has 2 fully saturated rings. The third-order valence-corrected chi connectivity index (χ3v) is 4.00. The maximum atomic E-state index is 11.3. The summed E-state index contributed by atoms with van der Waals surface area (Å²) >= 11 is 0. The molecule has 2 atom stereocenters. The third kappa shape index (κ3) is 4.25. The molecule has 0 aromatic heterocycles. The van der Waals surface area contributed by atoms with Crippen LogP contribution in [-0.4, -0.2) is 30.1 Å². The Balaban J connectivity index is 1.80. The van der Waals surface area contributed by atoms with Crippen LogP contribution < -0.4 is 0 Å². The highest BCUT2D eigenvalue weighted by molar-refractivity contribution is 5.72. The molecule has 104 valence electrons. The summed E-state index contributed by atoms with van der Waals surface area (Å²) in [4.78, 5) is 11.3. The molecule has 1 saturated carbocycles. The highest BCUT2D eigenvalue weighted by Gasteiger charge is 2.28. The topological polar surface area (TPSA) is 55.8 Å². The fraction of sp³-hybridized carbons (Fsp3) is 0.929. The molecule has 1 aliphatic heterocycles. The Hall–Kier alpha value is -0.610. The summed E-state index contributed by atoms with van der Waals surface area (Å²) in [6.45, 7) is 0.695. The van der Waals surface area contributed by atoms with E-state index in [1.807, 2.05) is 0 Å². The van der Waals surface area contributed by atoms with Crippen molar-refractivity contribution in [3.63, 3.8) is 0 Å². The van der Waals surface area contributed by atoms with Crippen molar-refractivity contribution in [1.82, 2.24) is 0 Å². The predicted octanol–water partition coefficient (Wildman–Crippen LogP) is 2.95. The molecule has 18 heavy (non-hydrogen) atoms. The van der Waals surface area contributed by atoms with Crippen molar-refractivity contribution < 1.29 is 19.4 Å². The van der Waals surface area contributed by atoms with Crippen LogP contribution in [0.1, 0.15) is 57.8 Å². The lowest BCUT2D eigenvalue weighted by atomic mass is 9.85. The first-order chi connectivity index (χ1) is 8.75. The highest BCUT2D eigenvalue weighted by atomic mass is 16.7. The van der Waals surface area contributed by atoms with Gasteiger partial charge in [0.05, 0.1) is 0 Å². The molecule has 1 heterocycles. The van der Waals surface area contributed by atoms with Gasteiger partial charge >= 0.3 is 5.97 Å². The Morgan fingerprint density at radius 3 is 2.50 bits per heavy atom. The first-order valence-corrected chi connectivity index (χ1v) is 7.25. The number of carboxylic acids is 1. The number of carbonyl (C=O) groups is 1. The normalized spacial score (nSPS) is 27.9. The van der Waals surface area contributed by atoms with E-state index in [0.29, 0.717) is 18.9 Å². The van der Waals surface area contributed by atoms with Crippen molar-refractivity contribution in [2.75, 3.05) is 6.61 Å². The molecule has 1 saturated heterocycles. The second kappa shape index (κ2) is 7.10. The molecule has 0 radical (unpaired) electrons. The van der Waals surface area contributed by atoms with Gasteiger partial charge in [-0.3, -0.25) is 0 Å². The second-order valence-electron chi connectivity index (χ2n) is 5.50. The van der Waals surface area contributed by atoms with Gasteiger partial charge in [-0.1, -0.05) is 32.1 Å². The third-order valence-electron chi connectivity index (χ3n) is 4.00. The van der Waals surface area contributed by atoms with Crippen LogP contribution in [0, 0.1) is 5.92 Å². The lowest BCUT2D eigenvalue weighted by Crippen LogP contribution is -2.34. The molecule has 0 spiro atoms. The van der Waals surface area contributed by atoms with Crippen LogP contribution in [0.15, 0.2) is 0 Å². The van der Waals surface area contributed by atoms with Gasteiger partial charge in [0.2, 0.25) is 0 Å². The van der Waals surface area contributed by atoms with E-state index >= 15 is 0 Å². The number of carboxylic acid groups (broad SMARTS) is 1. The Morgan fingerprint density at radius 1 is 1.17 bits per heavy atom. The van der Waals surface area contributed by atoms with Crippen molar-refractivity contribution >= 4 is 5.97 Å². The maximum Gasteiger partial charge on any atom is 0.332 e. The Morgan fingerprint density at radius 2 is 1.89 bits per heavy atom. The van der Waals surface area contributed by atoms with Crippen LogP contribution in [0.2, 0.25) is 0 Å². The van der Waals surface area contributed by atoms with Gasteiger partial charge in [0.15, 0.2) is 12.4 Å². The number of hydrogen-bond acceptors (Lipinski definition) is 3. The average Bonchev–Trinajstić information content (AvgIpc) is 2.40. The number of aliphatic carboxylic acids is 1. The highest BCUT2D eigenvalue weighted by Crippen LogP contribution is 2.29. The Kier molecular flexibility index (Phi) is 5.45. The Labute approximate surface area is 109 Å². The zero-order chi connectivity index (χ0) is 12.8. The van der Waals surface area contributed by atoms with Gasteiger partial charge in [-0.2, -0.15) is 0 Å². The first-order valence-electron chi connectivity index (χ1n) is 7.25.